The van der Waals surface area contributed by atoms with E-state index in [2.05, 4.69) is 20.9 Å². The monoisotopic (exact) mass is 330 g/mol. The number of hydrogen-bond donors (Lipinski definition) is 0. The van der Waals surface area contributed by atoms with E-state index >= 15 is 0 Å². The van der Waals surface area contributed by atoms with Crippen LogP contribution in [0.3, 0.4) is 0 Å². The van der Waals surface area contributed by atoms with Gasteiger partial charge in [0.1, 0.15) is 5.69 Å². The Bertz CT molecular complexity index is 470. The van der Waals surface area contributed by atoms with E-state index in [4.69, 9.17) is 4.74 Å². The maximum absolute atomic E-state index is 13.1. The van der Waals surface area contributed by atoms with E-state index in [0.717, 1.165) is 6.42 Å². The molecule has 0 aromatic carbocycles. The number of likely N-dealkylation sites (tertiary alicyclic amines) is 1. The summed E-state index contributed by atoms with van der Waals surface area (Å²) in [5.41, 5.74) is 0.136. The average molecular weight is 331 g/mol. The average Bonchev–Trinajstić information content (AvgIpc) is 2.87. The summed E-state index contributed by atoms with van der Waals surface area (Å²) in [6.45, 7) is 4.61. The number of hydrogen-bond acceptors (Lipinski definition) is 3. The Morgan fingerprint density at radius 3 is 3.16 bits per heavy atom. The van der Waals surface area contributed by atoms with Gasteiger partial charge in [-0.25, -0.2) is 4.98 Å². The van der Waals surface area contributed by atoms with Gasteiger partial charge in [0.25, 0.3) is 5.91 Å². The van der Waals surface area contributed by atoms with Crippen molar-refractivity contribution < 1.29 is 13.9 Å². The van der Waals surface area contributed by atoms with E-state index in [9.17, 15) is 9.18 Å². The summed E-state index contributed by atoms with van der Waals surface area (Å²) in [4.78, 5) is 17.6. The van der Waals surface area contributed by atoms with E-state index in [0.29, 0.717) is 36.7 Å². The van der Waals surface area contributed by atoms with Crippen molar-refractivity contribution in [1.29, 1.82) is 0 Å². The summed E-state index contributed by atoms with van der Waals surface area (Å²) < 4.78 is 19.0. The number of aromatic nitrogens is 1. The van der Waals surface area contributed by atoms with Crippen LogP contribution < -0.4 is 0 Å². The molecule has 1 aliphatic heterocycles. The Hall–Kier alpha value is -1.01. The first-order chi connectivity index (χ1) is 9.11. The first kappa shape index (κ1) is 14.4. The van der Waals surface area contributed by atoms with E-state index in [-0.39, 0.29) is 11.6 Å². The molecule has 2 heterocycles. The number of amides is 1. The van der Waals surface area contributed by atoms with Gasteiger partial charge < -0.3 is 9.64 Å². The van der Waals surface area contributed by atoms with Gasteiger partial charge in [0.05, 0.1) is 6.61 Å². The van der Waals surface area contributed by atoms with Gasteiger partial charge in [-0.15, -0.1) is 0 Å². The lowest BCUT2D eigenvalue weighted by Crippen LogP contribution is -2.30. The van der Waals surface area contributed by atoms with E-state index < -0.39 is 5.95 Å². The van der Waals surface area contributed by atoms with Crippen molar-refractivity contribution in [2.24, 2.45) is 5.92 Å². The summed E-state index contributed by atoms with van der Waals surface area (Å²) in [5, 5.41) is 0. The van der Waals surface area contributed by atoms with Gasteiger partial charge in [0.15, 0.2) is 0 Å². The Morgan fingerprint density at radius 1 is 1.63 bits per heavy atom. The quantitative estimate of drug-likeness (QED) is 0.796. The molecule has 19 heavy (non-hydrogen) atoms. The number of carbonyl (C=O) groups is 1. The first-order valence-corrected chi connectivity index (χ1v) is 7.10. The third-order valence-corrected chi connectivity index (χ3v) is 3.79. The zero-order valence-electron chi connectivity index (χ0n) is 10.7. The predicted molar refractivity (Wildman–Crippen MR) is 72.4 cm³/mol. The van der Waals surface area contributed by atoms with Gasteiger partial charge in [-0.2, -0.15) is 4.39 Å². The largest absolute Gasteiger partial charge is 0.381 e. The molecule has 0 radical (unpaired) electrons. The molecule has 104 valence electrons. The number of halogens is 2. The standard InChI is InChI=1S/C13H16BrFN2O2/c1-2-19-8-9-5-6-17(7-9)13(18)12-10(14)3-4-11(15)16-12/h3-4,9H,2,5-8H2,1H3. The molecule has 0 N–H and O–H groups in total. The Balaban J connectivity index is 2.03. The number of ether oxygens (including phenoxy) is 1. The second kappa shape index (κ2) is 6.43. The lowest BCUT2D eigenvalue weighted by atomic mass is 10.1. The van der Waals surface area contributed by atoms with Crippen LogP contribution in [0, 0.1) is 11.9 Å². The highest BCUT2D eigenvalue weighted by atomic mass is 79.9. The lowest BCUT2D eigenvalue weighted by Gasteiger charge is -2.16. The molecule has 0 spiro atoms. The van der Waals surface area contributed by atoms with Crippen LogP contribution in [0.4, 0.5) is 4.39 Å². The molecule has 6 heteroatoms. The number of rotatable bonds is 4. The molecule has 1 saturated heterocycles. The second-order valence-corrected chi connectivity index (χ2v) is 5.38. The molecule has 1 unspecified atom stereocenters. The predicted octanol–water partition coefficient (Wildman–Crippen LogP) is 2.48. The van der Waals surface area contributed by atoms with Crippen molar-refractivity contribution in [2.75, 3.05) is 26.3 Å². The highest BCUT2D eigenvalue weighted by Gasteiger charge is 2.28. The Kier molecular flexibility index (Phi) is 4.87. The fourth-order valence-electron chi connectivity index (χ4n) is 2.16. The molecule has 0 saturated carbocycles. The number of pyridine rings is 1. The van der Waals surface area contributed by atoms with E-state index in [1.165, 1.54) is 12.1 Å². The minimum atomic E-state index is -0.642. The van der Waals surface area contributed by atoms with Crippen molar-refractivity contribution >= 4 is 21.8 Å². The van der Waals surface area contributed by atoms with Crippen LogP contribution in [0.25, 0.3) is 0 Å². The normalized spacial score (nSPS) is 18.9. The molecule has 1 fully saturated rings. The van der Waals surface area contributed by atoms with E-state index in [1.807, 2.05) is 6.92 Å². The van der Waals surface area contributed by atoms with Crippen molar-refractivity contribution in [3.63, 3.8) is 0 Å². The van der Waals surface area contributed by atoms with Crippen molar-refractivity contribution in [2.45, 2.75) is 13.3 Å². The van der Waals surface area contributed by atoms with Gasteiger partial charge in [0, 0.05) is 30.1 Å². The third kappa shape index (κ3) is 3.51. The van der Waals surface area contributed by atoms with Crippen LogP contribution >= 0.6 is 15.9 Å². The van der Waals surface area contributed by atoms with Crippen molar-refractivity contribution in [3.05, 3.63) is 28.2 Å². The molecule has 0 bridgehead atoms. The van der Waals surface area contributed by atoms with Crippen LogP contribution in [0.15, 0.2) is 16.6 Å². The Morgan fingerprint density at radius 2 is 2.42 bits per heavy atom. The highest BCUT2D eigenvalue weighted by Crippen LogP contribution is 2.22. The fraction of sp³-hybridized carbons (Fsp3) is 0.538. The summed E-state index contributed by atoms with van der Waals surface area (Å²) in [5.74, 6) is -0.516. The first-order valence-electron chi connectivity index (χ1n) is 6.31. The molecule has 1 amide bonds. The molecule has 1 aliphatic rings. The molecule has 1 aromatic heterocycles. The number of carbonyl (C=O) groups excluding carboxylic acids is 1. The fourth-order valence-corrected chi connectivity index (χ4v) is 2.55. The van der Waals surface area contributed by atoms with E-state index in [1.54, 1.807) is 4.90 Å². The molecule has 1 aromatic rings. The smallest absolute Gasteiger partial charge is 0.273 e. The van der Waals surface area contributed by atoms with Crippen LogP contribution in [-0.2, 0) is 4.74 Å². The zero-order chi connectivity index (χ0) is 13.8. The van der Waals surface area contributed by atoms with Crippen molar-refractivity contribution in [3.8, 4) is 0 Å². The Labute approximate surface area is 120 Å². The summed E-state index contributed by atoms with van der Waals surface area (Å²) in [6, 6.07) is 2.73. The summed E-state index contributed by atoms with van der Waals surface area (Å²) in [6.07, 6.45) is 0.915. The topological polar surface area (TPSA) is 42.4 Å². The van der Waals surface area contributed by atoms with Crippen LogP contribution in [0.2, 0.25) is 0 Å². The lowest BCUT2D eigenvalue weighted by molar-refractivity contribution is 0.0755. The SMILES string of the molecule is CCOCC1CCN(C(=O)c2nc(F)ccc2Br)C1. The maximum Gasteiger partial charge on any atom is 0.273 e. The highest BCUT2D eigenvalue weighted by molar-refractivity contribution is 9.10. The summed E-state index contributed by atoms with van der Waals surface area (Å²) >= 11 is 3.23. The van der Waals surface area contributed by atoms with Crippen LogP contribution in [0.5, 0.6) is 0 Å². The molecular weight excluding hydrogens is 315 g/mol. The summed E-state index contributed by atoms with van der Waals surface area (Å²) in [7, 11) is 0. The van der Waals surface area contributed by atoms with Gasteiger partial charge in [-0.1, -0.05) is 0 Å². The minimum absolute atomic E-state index is 0.136. The van der Waals surface area contributed by atoms with Gasteiger partial charge in [0.2, 0.25) is 5.95 Å². The van der Waals surface area contributed by atoms with Gasteiger partial charge in [-0.05, 0) is 41.4 Å². The zero-order valence-corrected chi connectivity index (χ0v) is 12.3. The molecule has 4 nitrogen and oxygen atoms in total. The maximum atomic E-state index is 13.1. The van der Waals surface area contributed by atoms with Crippen LogP contribution in [-0.4, -0.2) is 42.1 Å². The second-order valence-electron chi connectivity index (χ2n) is 4.53. The molecule has 2 rings (SSSR count). The van der Waals surface area contributed by atoms with Gasteiger partial charge in [-0.3, -0.25) is 4.79 Å². The van der Waals surface area contributed by atoms with Crippen LogP contribution in [0.1, 0.15) is 23.8 Å². The molecule has 1 atom stereocenters. The number of nitrogens with zero attached hydrogens (tertiary/aromatic N) is 2. The van der Waals surface area contributed by atoms with Gasteiger partial charge >= 0.3 is 0 Å². The molecule has 0 aliphatic carbocycles. The van der Waals surface area contributed by atoms with Crippen molar-refractivity contribution in [1.82, 2.24) is 9.88 Å². The molecular formula is C13H16BrFN2O2. The third-order valence-electron chi connectivity index (χ3n) is 3.15. The minimum Gasteiger partial charge on any atom is -0.381 e.